The van der Waals surface area contributed by atoms with Gasteiger partial charge in [0.2, 0.25) is 0 Å². The summed E-state index contributed by atoms with van der Waals surface area (Å²) in [6.07, 6.45) is 2.51. The standard InChI is InChI=1S/C15H24BrNO/c1-5-14(6-2)17-10-12(4)18-15-9-13(16)8-7-11(15)3/h7-9,12,14,17H,5-6,10H2,1-4H3. The van der Waals surface area contributed by atoms with Crippen LogP contribution in [-0.2, 0) is 0 Å². The fourth-order valence-electron chi connectivity index (χ4n) is 1.87. The monoisotopic (exact) mass is 313 g/mol. The van der Waals surface area contributed by atoms with E-state index in [1.54, 1.807) is 0 Å². The Morgan fingerprint density at radius 3 is 2.56 bits per heavy atom. The number of hydrogen-bond acceptors (Lipinski definition) is 2. The van der Waals surface area contributed by atoms with Crippen LogP contribution < -0.4 is 10.1 Å². The molecule has 0 radical (unpaired) electrons. The van der Waals surface area contributed by atoms with Crippen molar-refractivity contribution in [2.75, 3.05) is 6.54 Å². The van der Waals surface area contributed by atoms with Crippen LogP contribution in [0.4, 0.5) is 0 Å². The quantitative estimate of drug-likeness (QED) is 0.810. The van der Waals surface area contributed by atoms with Crippen LogP contribution in [0.5, 0.6) is 5.75 Å². The highest BCUT2D eigenvalue weighted by molar-refractivity contribution is 9.10. The van der Waals surface area contributed by atoms with Crippen molar-refractivity contribution < 1.29 is 4.74 Å². The lowest BCUT2D eigenvalue weighted by atomic mass is 10.1. The first kappa shape index (κ1) is 15.5. The molecule has 0 amide bonds. The average molecular weight is 314 g/mol. The van der Waals surface area contributed by atoms with Gasteiger partial charge in [0.15, 0.2) is 0 Å². The van der Waals surface area contributed by atoms with Gasteiger partial charge in [-0.05, 0) is 44.4 Å². The van der Waals surface area contributed by atoms with Gasteiger partial charge in [0.1, 0.15) is 11.9 Å². The van der Waals surface area contributed by atoms with Gasteiger partial charge in [-0.25, -0.2) is 0 Å². The highest BCUT2D eigenvalue weighted by atomic mass is 79.9. The van der Waals surface area contributed by atoms with Crippen LogP contribution in [-0.4, -0.2) is 18.7 Å². The van der Waals surface area contributed by atoms with Crippen molar-refractivity contribution in [3.8, 4) is 5.75 Å². The highest BCUT2D eigenvalue weighted by Gasteiger charge is 2.09. The molecule has 1 aromatic carbocycles. The lowest BCUT2D eigenvalue weighted by Crippen LogP contribution is -2.36. The van der Waals surface area contributed by atoms with Gasteiger partial charge in [-0.2, -0.15) is 0 Å². The maximum Gasteiger partial charge on any atom is 0.123 e. The van der Waals surface area contributed by atoms with E-state index in [9.17, 15) is 0 Å². The molecule has 0 aliphatic heterocycles. The summed E-state index contributed by atoms with van der Waals surface area (Å²) in [5.41, 5.74) is 1.17. The summed E-state index contributed by atoms with van der Waals surface area (Å²) < 4.78 is 7.03. The van der Waals surface area contributed by atoms with Crippen LogP contribution in [0.15, 0.2) is 22.7 Å². The third-order valence-electron chi connectivity index (χ3n) is 3.16. The van der Waals surface area contributed by atoms with Crippen molar-refractivity contribution in [2.24, 2.45) is 0 Å². The van der Waals surface area contributed by atoms with Gasteiger partial charge in [0.05, 0.1) is 0 Å². The highest BCUT2D eigenvalue weighted by Crippen LogP contribution is 2.23. The second-order valence-corrected chi connectivity index (χ2v) is 5.68. The first-order valence-electron chi connectivity index (χ1n) is 6.73. The predicted molar refractivity (Wildman–Crippen MR) is 81.3 cm³/mol. The molecule has 0 aliphatic carbocycles. The van der Waals surface area contributed by atoms with Crippen molar-refractivity contribution >= 4 is 15.9 Å². The maximum atomic E-state index is 5.97. The largest absolute Gasteiger partial charge is 0.489 e. The van der Waals surface area contributed by atoms with Gasteiger partial charge in [-0.15, -0.1) is 0 Å². The molecule has 0 saturated carbocycles. The summed E-state index contributed by atoms with van der Waals surface area (Å²) in [6, 6.07) is 6.73. The van der Waals surface area contributed by atoms with Crippen molar-refractivity contribution in [1.82, 2.24) is 5.32 Å². The molecule has 102 valence electrons. The molecule has 1 rings (SSSR count). The lowest BCUT2D eigenvalue weighted by molar-refractivity contribution is 0.208. The Morgan fingerprint density at radius 2 is 1.94 bits per heavy atom. The van der Waals surface area contributed by atoms with Gasteiger partial charge >= 0.3 is 0 Å². The number of aryl methyl sites for hydroxylation is 1. The molecular weight excluding hydrogens is 290 g/mol. The maximum absolute atomic E-state index is 5.97. The minimum Gasteiger partial charge on any atom is -0.489 e. The Kier molecular flexibility index (Phi) is 6.72. The Morgan fingerprint density at radius 1 is 1.28 bits per heavy atom. The molecule has 18 heavy (non-hydrogen) atoms. The Hall–Kier alpha value is -0.540. The number of benzene rings is 1. The molecule has 0 saturated heterocycles. The van der Waals surface area contributed by atoms with E-state index in [1.165, 1.54) is 18.4 Å². The van der Waals surface area contributed by atoms with E-state index in [0.717, 1.165) is 16.8 Å². The van der Waals surface area contributed by atoms with E-state index in [2.05, 4.69) is 55.0 Å². The third kappa shape index (κ3) is 4.99. The zero-order chi connectivity index (χ0) is 13.5. The minimum absolute atomic E-state index is 0.179. The molecule has 1 unspecified atom stereocenters. The van der Waals surface area contributed by atoms with Gasteiger partial charge in [0.25, 0.3) is 0 Å². The number of hydrogen-bond donors (Lipinski definition) is 1. The first-order valence-corrected chi connectivity index (χ1v) is 7.52. The molecule has 0 fully saturated rings. The number of ether oxygens (including phenoxy) is 1. The molecular formula is C15H24BrNO. The molecule has 0 heterocycles. The van der Waals surface area contributed by atoms with Crippen molar-refractivity contribution in [1.29, 1.82) is 0 Å². The Bertz CT molecular complexity index is 364. The SMILES string of the molecule is CCC(CC)NCC(C)Oc1cc(Br)ccc1C. The van der Waals surface area contributed by atoms with E-state index in [4.69, 9.17) is 4.74 Å². The number of nitrogens with one attached hydrogen (secondary N) is 1. The molecule has 0 bridgehead atoms. The molecule has 0 aliphatic rings. The molecule has 1 atom stereocenters. The fourth-order valence-corrected chi connectivity index (χ4v) is 2.21. The Balaban J connectivity index is 2.48. The van der Waals surface area contributed by atoms with Gasteiger partial charge in [-0.3, -0.25) is 0 Å². The number of halogens is 1. The molecule has 0 aromatic heterocycles. The molecule has 1 N–H and O–H groups in total. The van der Waals surface area contributed by atoms with Crippen molar-refractivity contribution in [2.45, 2.75) is 52.7 Å². The van der Waals surface area contributed by atoms with Crippen LogP contribution in [0.1, 0.15) is 39.2 Å². The Labute approximate surface area is 119 Å². The van der Waals surface area contributed by atoms with E-state index in [1.807, 2.05) is 12.1 Å². The first-order chi connectivity index (χ1) is 8.56. The molecule has 2 nitrogen and oxygen atoms in total. The zero-order valence-corrected chi connectivity index (χ0v) is 13.4. The summed E-state index contributed by atoms with van der Waals surface area (Å²) in [7, 11) is 0. The molecule has 3 heteroatoms. The zero-order valence-electron chi connectivity index (χ0n) is 11.8. The summed E-state index contributed by atoms with van der Waals surface area (Å²) in [5, 5.41) is 3.54. The van der Waals surface area contributed by atoms with Crippen molar-refractivity contribution in [3.05, 3.63) is 28.2 Å². The minimum atomic E-state index is 0.179. The average Bonchev–Trinajstić information content (AvgIpc) is 2.35. The van der Waals surface area contributed by atoms with Gasteiger partial charge in [-0.1, -0.05) is 35.8 Å². The summed E-state index contributed by atoms with van der Waals surface area (Å²) in [5.74, 6) is 0.961. The summed E-state index contributed by atoms with van der Waals surface area (Å²) in [4.78, 5) is 0. The fraction of sp³-hybridized carbons (Fsp3) is 0.600. The number of rotatable bonds is 7. The topological polar surface area (TPSA) is 21.3 Å². The van der Waals surface area contributed by atoms with Gasteiger partial charge in [0, 0.05) is 17.1 Å². The van der Waals surface area contributed by atoms with Crippen LogP contribution in [0.2, 0.25) is 0 Å². The molecule has 1 aromatic rings. The van der Waals surface area contributed by atoms with E-state index in [-0.39, 0.29) is 6.10 Å². The second-order valence-electron chi connectivity index (χ2n) is 4.76. The second kappa shape index (κ2) is 7.80. The molecule has 0 spiro atoms. The normalized spacial score (nSPS) is 12.8. The van der Waals surface area contributed by atoms with Crippen molar-refractivity contribution in [3.63, 3.8) is 0 Å². The van der Waals surface area contributed by atoms with Crippen LogP contribution in [0.3, 0.4) is 0 Å². The summed E-state index contributed by atoms with van der Waals surface area (Å²) >= 11 is 3.48. The van der Waals surface area contributed by atoms with E-state index < -0.39 is 0 Å². The van der Waals surface area contributed by atoms with E-state index >= 15 is 0 Å². The third-order valence-corrected chi connectivity index (χ3v) is 3.65. The smallest absolute Gasteiger partial charge is 0.123 e. The van der Waals surface area contributed by atoms with Crippen LogP contribution >= 0.6 is 15.9 Å². The van der Waals surface area contributed by atoms with Crippen LogP contribution in [0.25, 0.3) is 0 Å². The van der Waals surface area contributed by atoms with Crippen LogP contribution in [0, 0.1) is 6.92 Å². The van der Waals surface area contributed by atoms with E-state index in [0.29, 0.717) is 6.04 Å². The predicted octanol–water partition coefficient (Wildman–Crippen LogP) is 4.30. The van der Waals surface area contributed by atoms with Gasteiger partial charge < -0.3 is 10.1 Å². The lowest BCUT2D eigenvalue weighted by Gasteiger charge is -2.20. The summed E-state index contributed by atoms with van der Waals surface area (Å²) in [6.45, 7) is 9.49.